The van der Waals surface area contributed by atoms with Gasteiger partial charge in [0.05, 0.1) is 19.3 Å². The SMILES string of the molecule is NC1C[C@@H](N)[C@@H](O[C@@H]2O[C@H](CO)[C@H](O)C2O)[C@@H](O)[C@@H]1O[C@H]1OC(CO)[C@@H](O)[C@H](O)[C@@H]1N. The molecule has 0 radical (unpaired) electrons. The molecule has 14 atom stereocenters. The van der Waals surface area contributed by atoms with Gasteiger partial charge in [0, 0.05) is 12.1 Å². The van der Waals surface area contributed by atoms with Crippen LogP contribution in [0.2, 0.25) is 0 Å². The Hall–Kier alpha value is -0.560. The van der Waals surface area contributed by atoms with Gasteiger partial charge in [0.15, 0.2) is 12.6 Å². The minimum Gasteiger partial charge on any atom is -0.394 e. The molecule has 14 heteroatoms. The van der Waals surface area contributed by atoms with Crippen molar-refractivity contribution in [3.63, 3.8) is 0 Å². The van der Waals surface area contributed by atoms with Crippen molar-refractivity contribution in [1.29, 1.82) is 0 Å². The molecule has 0 aromatic carbocycles. The van der Waals surface area contributed by atoms with Crippen LogP contribution in [0.4, 0.5) is 0 Å². The van der Waals surface area contributed by atoms with Crippen LogP contribution in [0.1, 0.15) is 6.42 Å². The maximum Gasteiger partial charge on any atom is 0.187 e. The Kier molecular flexibility index (Phi) is 8.21. The van der Waals surface area contributed by atoms with Gasteiger partial charge in [-0.1, -0.05) is 0 Å². The summed E-state index contributed by atoms with van der Waals surface area (Å²) in [5.74, 6) is 0. The predicted molar refractivity (Wildman–Crippen MR) is 99.8 cm³/mol. The second-order valence-corrected chi connectivity index (χ2v) is 8.25. The highest BCUT2D eigenvalue weighted by Crippen LogP contribution is 2.31. The number of nitrogens with two attached hydrogens (primary N) is 3. The van der Waals surface area contributed by atoms with Gasteiger partial charge in [-0.15, -0.1) is 0 Å². The Morgan fingerprint density at radius 1 is 0.645 bits per heavy atom. The molecule has 2 aliphatic heterocycles. The van der Waals surface area contributed by atoms with E-state index in [1.54, 1.807) is 0 Å². The Bertz CT molecular complexity index is 590. The van der Waals surface area contributed by atoms with Gasteiger partial charge in [0.25, 0.3) is 0 Å². The molecule has 1 saturated carbocycles. The third kappa shape index (κ3) is 4.87. The number of rotatable bonds is 6. The molecule has 0 spiro atoms. The number of hydrogen-bond donors (Lipinski definition) is 10. The molecule has 31 heavy (non-hydrogen) atoms. The van der Waals surface area contributed by atoms with E-state index >= 15 is 0 Å². The summed E-state index contributed by atoms with van der Waals surface area (Å²) in [5, 5.41) is 69.3. The third-order valence-corrected chi connectivity index (χ3v) is 6.07. The topological polar surface area (TPSA) is 257 Å². The third-order valence-electron chi connectivity index (χ3n) is 6.07. The molecule has 0 amide bonds. The lowest BCUT2D eigenvalue weighted by Gasteiger charge is -2.46. The molecule has 0 aromatic rings. The van der Waals surface area contributed by atoms with Crippen LogP contribution in [-0.4, -0.2) is 135 Å². The molecule has 3 aliphatic rings. The molecular weight excluding hydrogens is 422 g/mol. The van der Waals surface area contributed by atoms with Crippen LogP contribution < -0.4 is 17.2 Å². The molecule has 2 heterocycles. The van der Waals surface area contributed by atoms with Gasteiger partial charge in [-0.25, -0.2) is 0 Å². The van der Waals surface area contributed by atoms with E-state index in [0.29, 0.717) is 0 Å². The van der Waals surface area contributed by atoms with Crippen molar-refractivity contribution in [2.45, 2.75) is 92.1 Å². The molecule has 13 N–H and O–H groups in total. The summed E-state index contributed by atoms with van der Waals surface area (Å²) in [5.41, 5.74) is 18.0. The summed E-state index contributed by atoms with van der Waals surface area (Å²) in [6.45, 7) is -1.16. The normalized spacial score (nSPS) is 53.6. The monoisotopic (exact) mass is 455 g/mol. The van der Waals surface area contributed by atoms with Crippen molar-refractivity contribution < 1.29 is 54.7 Å². The maximum atomic E-state index is 10.8. The molecular formula is C17H33N3O11. The lowest BCUT2D eigenvalue weighted by atomic mass is 9.84. The summed E-state index contributed by atoms with van der Waals surface area (Å²) >= 11 is 0. The first-order valence-corrected chi connectivity index (χ1v) is 10.1. The Balaban J connectivity index is 1.70. The molecule has 1 aliphatic carbocycles. The minimum absolute atomic E-state index is 0.123. The summed E-state index contributed by atoms with van der Waals surface area (Å²) in [7, 11) is 0. The van der Waals surface area contributed by atoms with Gasteiger partial charge in [0.2, 0.25) is 0 Å². The fourth-order valence-electron chi connectivity index (χ4n) is 4.15. The number of aliphatic hydroxyl groups is 7. The van der Waals surface area contributed by atoms with Gasteiger partial charge in [0.1, 0.15) is 54.9 Å². The molecule has 3 fully saturated rings. The first kappa shape index (κ1) is 25.1. The maximum absolute atomic E-state index is 10.8. The van der Waals surface area contributed by atoms with Crippen LogP contribution in [0.3, 0.4) is 0 Å². The average molecular weight is 455 g/mol. The number of aliphatic hydroxyl groups excluding tert-OH is 7. The van der Waals surface area contributed by atoms with Crippen molar-refractivity contribution >= 4 is 0 Å². The van der Waals surface area contributed by atoms with Crippen molar-refractivity contribution in [3.8, 4) is 0 Å². The summed E-state index contributed by atoms with van der Waals surface area (Å²) in [6.07, 6.45) is -14.3. The standard InChI is InChI=1S/C17H33N3O11/c18-4-1-5(19)15(31-17-12(26)10(24)7(3-22)29-17)13(27)14(4)30-16-8(20)11(25)9(23)6(2-21)28-16/h4-17,21-27H,1-3,18-20H2/t4?,5-,6?,7-,8+,9-,10+,11-,12?,13+,14-,15-,16-,17+/m1/s1. The second kappa shape index (κ2) is 10.1. The van der Waals surface area contributed by atoms with E-state index in [4.69, 9.17) is 36.1 Å². The molecule has 2 saturated heterocycles. The molecule has 182 valence electrons. The number of ether oxygens (including phenoxy) is 4. The van der Waals surface area contributed by atoms with E-state index in [2.05, 4.69) is 0 Å². The number of hydrogen-bond acceptors (Lipinski definition) is 14. The predicted octanol–water partition coefficient (Wildman–Crippen LogP) is -6.62. The van der Waals surface area contributed by atoms with E-state index in [9.17, 15) is 35.7 Å². The van der Waals surface area contributed by atoms with Crippen LogP contribution in [0, 0.1) is 0 Å². The van der Waals surface area contributed by atoms with Gasteiger partial charge < -0.3 is 71.9 Å². The van der Waals surface area contributed by atoms with Crippen molar-refractivity contribution in [3.05, 3.63) is 0 Å². The Labute approximate surface area is 178 Å². The molecule has 0 bridgehead atoms. The molecule has 14 nitrogen and oxygen atoms in total. The van der Waals surface area contributed by atoms with Crippen molar-refractivity contribution in [2.75, 3.05) is 13.2 Å². The van der Waals surface area contributed by atoms with Crippen molar-refractivity contribution in [1.82, 2.24) is 0 Å². The molecule has 0 aromatic heterocycles. The van der Waals surface area contributed by atoms with Crippen LogP contribution >= 0.6 is 0 Å². The van der Waals surface area contributed by atoms with Gasteiger partial charge in [-0.2, -0.15) is 0 Å². The van der Waals surface area contributed by atoms with Crippen LogP contribution in [0.15, 0.2) is 0 Å². The summed E-state index contributed by atoms with van der Waals surface area (Å²) in [6, 6.07) is -2.78. The zero-order chi connectivity index (χ0) is 23.0. The van der Waals surface area contributed by atoms with Crippen LogP contribution in [-0.2, 0) is 18.9 Å². The summed E-state index contributed by atoms with van der Waals surface area (Å²) < 4.78 is 22.0. The van der Waals surface area contributed by atoms with E-state index < -0.39 is 98.9 Å². The fraction of sp³-hybridized carbons (Fsp3) is 1.00. The largest absolute Gasteiger partial charge is 0.394 e. The highest BCUT2D eigenvalue weighted by Gasteiger charge is 2.51. The highest BCUT2D eigenvalue weighted by molar-refractivity contribution is 5.01. The van der Waals surface area contributed by atoms with Crippen molar-refractivity contribution in [2.24, 2.45) is 17.2 Å². The second-order valence-electron chi connectivity index (χ2n) is 8.25. The summed E-state index contributed by atoms with van der Waals surface area (Å²) in [4.78, 5) is 0. The first-order chi connectivity index (χ1) is 14.6. The average Bonchev–Trinajstić information content (AvgIpc) is 3.01. The zero-order valence-electron chi connectivity index (χ0n) is 16.7. The van der Waals surface area contributed by atoms with Gasteiger partial charge >= 0.3 is 0 Å². The lowest BCUT2D eigenvalue weighted by molar-refractivity contribution is -0.302. The highest BCUT2D eigenvalue weighted by atomic mass is 16.7. The van der Waals surface area contributed by atoms with Gasteiger partial charge in [-0.3, -0.25) is 0 Å². The van der Waals surface area contributed by atoms with E-state index in [1.807, 2.05) is 0 Å². The quantitative estimate of drug-likeness (QED) is 0.179. The van der Waals surface area contributed by atoms with Crippen LogP contribution in [0.25, 0.3) is 0 Å². The Morgan fingerprint density at radius 2 is 1.10 bits per heavy atom. The molecule has 3 rings (SSSR count). The zero-order valence-corrected chi connectivity index (χ0v) is 16.7. The van der Waals surface area contributed by atoms with E-state index in [-0.39, 0.29) is 6.42 Å². The van der Waals surface area contributed by atoms with E-state index in [0.717, 1.165) is 0 Å². The minimum atomic E-state index is -1.48. The molecule has 3 unspecified atom stereocenters. The Morgan fingerprint density at radius 3 is 1.61 bits per heavy atom. The van der Waals surface area contributed by atoms with Crippen LogP contribution in [0.5, 0.6) is 0 Å². The fourth-order valence-corrected chi connectivity index (χ4v) is 4.15. The van der Waals surface area contributed by atoms with E-state index in [1.165, 1.54) is 0 Å². The smallest absolute Gasteiger partial charge is 0.187 e. The lowest BCUT2D eigenvalue weighted by Crippen LogP contribution is -2.67. The first-order valence-electron chi connectivity index (χ1n) is 10.1. The van der Waals surface area contributed by atoms with Gasteiger partial charge in [-0.05, 0) is 6.42 Å².